The Morgan fingerprint density at radius 2 is 2.00 bits per heavy atom. The Kier molecular flexibility index (Phi) is 3.99. The molecule has 0 spiro atoms. The molecule has 1 aromatic heterocycles. The average Bonchev–Trinajstić information content (AvgIpc) is 2.76. The highest BCUT2D eigenvalue weighted by molar-refractivity contribution is 7.08. The summed E-state index contributed by atoms with van der Waals surface area (Å²) in [5.41, 5.74) is 3.45. The molecule has 0 fully saturated rings. The maximum absolute atomic E-state index is 10.5. The lowest BCUT2D eigenvalue weighted by molar-refractivity contribution is -0.384. The van der Waals surface area contributed by atoms with Crippen molar-refractivity contribution in [2.45, 2.75) is 18.7 Å². The van der Waals surface area contributed by atoms with Crippen molar-refractivity contribution in [1.29, 1.82) is 0 Å². The van der Waals surface area contributed by atoms with Crippen LogP contribution in [0.25, 0.3) is 0 Å². The molecule has 1 aromatic carbocycles. The number of hydrogen-bond acceptors (Lipinski definition) is 3. The topological polar surface area (TPSA) is 43.1 Å². The first-order chi connectivity index (χ1) is 8.58. The van der Waals surface area contributed by atoms with Crippen molar-refractivity contribution >= 4 is 28.6 Å². The van der Waals surface area contributed by atoms with Crippen LogP contribution in [0, 0.1) is 17.0 Å². The van der Waals surface area contributed by atoms with Crippen LogP contribution in [0.3, 0.4) is 0 Å². The monoisotopic (exact) mass is 281 g/mol. The minimum absolute atomic E-state index is 0.0855. The van der Waals surface area contributed by atoms with Crippen molar-refractivity contribution in [1.82, 2.24) is 0 Å². The predicted octanol–water partition coefficient (Wildman–Crippen LogP) is 4.49. The number of benzene rings is 1. The van der Waals surface area contributed by atoms with Gasteiger partial charge in [0.05, 0.1) is 10.3 Å². The van der Waals surface area contributed by atoms with Gasteiger partial charge in [0.1, 0.15) is 0 Å². The van der Waals surface area contributed by atoms with E-state index in [1.54, 1.807) is 23.5 Å². The molecule has 94 valence electrons. The van der Waals surface area contributed by atoms with Gasteiger partial charge in [-0.25, -0.2) is 0 Å². The summed E-state index contributed by atoms with van der Waals surface area (Å²) >= 11 is 8.00. The Labute approximate surface area is 114 Å². The Hall–Kier alpha value is -1.39. The van der Waals surface area contributed by atoms with Gasteiger partial charge in [-0.1, -0.05) is 12.1 Å². The van der Waals surface area contributed by atoms with Gasteiger partial charge in [0, 0.05) is 12.1 Å². The quantitative estimate of drug-likeness (QED) is 0.471. The average molecular weight is 282 g/mol. The van der Waals surface area contributed by atoms with Gasteiger partial charge in [-0.05, 0) is 40.8 Å². The van der Waals surface area contributed by atoms with Gasteiger partial charge < -0.3 is 0 Å². The summed E-state index contributed by atoms with van der Waals surface area (Å²) in [6.07, 6.45) is 0.678. The summed E-state index contributed by atoms with van der Waals surface area (Å²) in [5.74, 6) is 0. The second-order valence-corrected chi connectivity index (χ2v) is 5.38. The Balaban J connectivity index is 2.10. The number of halogens is 1. The van der Waals surface area contributed by atoms with Crippen LogP contribution < -0.4 is 0 Å². The summed E-state index contributed by atoms with van der Waals surface area (Å²) < 4.78 is 0. The van der Waals surface area contributed by atoms with Crippen molar-refractivity contribution in [3.63, 3.8) is 0 Å². The van der Waals surface area contributed by atoms with E-state index in [1.807, 2.05) is 6.92 Å². The molecule has 0 amide bonds. The second-order valence-electron chi connectivity index (χ2n) is 4.11. The fraction of sp³-hybridized carbons (Fsp3) is 0.231. The number of alkyl halides is 1. The molecule has 0 radical (unpaired) electrons. The molecule has 1 heterocycles. The first-order valence-electron chi connectivity index (χ1n) is 5.48. The van der Waals surface area contributed by atoms with E-state index in [1.165, 1.54) is 17.7 Å². The number of rotatable bonds is 4. The van der Waals surface area contributed by atoms with Gasteiger partial charge in [0.15, 0.2) is 0 Å². The Morgan fingerprint density at radius 3 is 2.50 bits per heavy atom. The van der Waals surface area contributed by atoms with E-state index in [2.05, 4.69) is 10.8 Å². The van der Waals surface area contributed by atoms with Crippen LogP contribution in [0.4, 0.5) is 5.69 Å². The molecular formula is C13H12ClNO2S. The van der Waals surface area contributed by atoms with Crippen LogP contribution in [0.15, 0.2) is 35.0 Å². The van der Waals surface area contributed by atoms with Gasteiger partial charge in [0.25, 0.3) is 5.69 Å². The number of non-ortho nitro benzene ring substituents is 1. The zero-order chi connectivity index (χ0) is 13.1. The minimum Gasteiger partial charge on any atom is -0.258 e. The molecule has 0 aliphatic carbocycles. The van der Waals surface area contributed by atoms with Gasteiger partial charge in [-0.2, -0.15) is 11.3 Å². The standard InChI is InChI=1S/C13H12ClNO2S/c1-9-7-18-8-12(9)13(14)6-10-2-4-11(5-3-10)15(16)17/h2-5,7-8,13H,6H2,1H3. The lowest BCUT2D eigenvalue weighted by Crippen LogP contribution is -1.96. The van der Waals surface area contributed by atoms with Crippen LogP contribution in [0.5, 0.6) is 0 Å². The summed E-state index contributed by atoms with van der Waals surface area (Å²) in [5, 5.41) is 14.6. The molecule has 0 bridgehead atoms. The summed E-state index contributed by atoms with van der Waals surface area (Å²) in [7, 11) is 0. The number of hydrogen-bond donors (Lipinski definition) is 0. The van der Waals surface area contributed by atoms with E-state index in [0.717, 1.165) is 11.1 Å². The van der Waals surface area contributed by atoms with Gasteiger partial charge in [-0.3, -0.25) is 10.1 Å². The minimum atomic E-state index is -0.398. The molecule has 0 aliphatic heterocycles. The molecule has 0 saturated heterocycles. The van der Waals surface area contributed by atoms with E-state index in [9.17, 15) is 10.1 Å². The highest BCUT2D eigenvalue weighted by Crippen LogP contribution is 2.30. The van der Waals surface area contributed by atoms with Gasteiger partial charge in [-0.15, -0.1) is 11.6 Å². The van der Waals surface area contributed by atoms with Crippen molar-refractivity contribution in [3.8, 4) is 0 Å². The van der Waals surface area contributed by atoms with Crippen LogP contribution in [0.2, 0.25) is 0 Å². The molecule has 1 atom stereocenters. The van der Waals surface area contributed by atoms with Crippen molar-refractivity contribution < 1.29 is 4.92 Å². The third kappa shape index (κ3) is 2.89. The number of nitro benzene ring substituents is 1. The molecule has 2 rings (SSSR count). The smallest absolute Gasteiger partial charge is 0.258 e. The molecule has 0 aliphatic rings. The van der Waals surface area contributed by atoms with E-state index in [4.69, 9.17) is 11.6 Å². The van der Waals surface area contributed by atoms with Crippen LogP contribution in [0.1, 0.15) is 22.1 Å². The number of nitro groups is 1. The molecule has 0 saturated carbocycles. The first-order valence-corrected chi connectivity index (χ1v) is 6.86. The fourth-order valence-electron chi connectivity index (χ4n) is 1.76. The maximum Gasteiger partial charge on any atom is 0.269 e. The lowest BCUT2D eigenvalue weighted by atomic mass is 10.0. The van der Waals surface area contributed by atoms with E-state index in [-0.39, 0.29) is 11.1 Å². The van der Waals surface area contributed by atoms with E-state index < -0.39 is 4.92 Å². The highest BCUT2D eigenvalue weighted by atomic mass is 35.5. The van der Waals surface area contributed by atoms with E-state index >= 15 is 0 Å². The molecular weight excluding hydrogens is 270 g/mol. The zero-order valence-corrected chi connectivity index (χ0v) is 11.4. The molecule has 0 N–H and O–H groups in total. The molecule has 5 heteroatoms. The zero-order valence-electron chi connectivity index (χ0n) is 9.80. The van der Waals surface area contributed by atoms with Gasteiger partial charge in [0.2, 0.25) is 0 Å². The van der Waals surface area contributed by atoms with Gasteiger partial charge >= 0.3 is 0 Å². The van der Waals surface area contributed by atoms with Crippen LogP contribution in [-0.4, -0.2) is 4.92 Å². The molecule has 2 aromatic rings. The normalized spacial score (nSPS) is 12.3. The number of thiophene rings is 1. The summed E-state index contributed by atoms with van der Waals surface area (Å²) in [6, 6.07) is 6.54. The van der Waals surface area contributed by atoms with Crippen LogP contribution >= 0.6 is 22.9 Å². The number of aryl methyl sites for hydroxylation is 1. The molecule has 3 nitrogen and oxygen atoms in total. The Bertz CT molecular complexity index is 550. The number of nitrogens with zero attached hydrogens (tertiary/aromatic N) is 1. The Morgan fingerprint density at radius 1 is 1.33 bits per heavy atom. The van der Waals surface area contributed by atoms with Crippen molar-refractivity contribution in [2.75, 3.05) is 0 Å². The lowest BCUT2D eigenvalue weighted by Gasteiger charge is -2.09. The summed E-state index contributed by atoms with van der Waals surface area (Å²) in [6.45, 7) is 2.04. The van der Waals surface area contributed by atoms with Crippen molar-refractivity contribution in [3.05, 3.63) is 61.8 Å². The summed E-state index contributed by atoms with van der Waals surface area (Å²) in [4.78, 5) is 10.1. The molecule has 18 heavy (non-hydrogen) atoms. The highest BCUT2D eigenvalue weighted by Gasteiger charge is 2.13. The second kappa shape index (κ2) is 5.50. The maximum atomic E-state index is 10.5. The van der Waals surface area contributed by atoms with Crippen LogP contribution in [-0.2, 0) is 6.42 Å². The first kappa shape index (κ1) is 13.1. The molecule has 1 unspecified atom stereocenters. The fourth-order valence-corrected chi connectivity index (χ4v) is 3.15. The third-order valence-corrected chi connectivity index (χ3v) is 4.06. The predicted molar refractivity (Wildman–Crippen MR) is 74.5 cm³/mol. The largest absolute Gasteiger partial charge is 0.269 e. The van der Waals surface area contributed by atoms with Crippen molar-refractivity contribution in [2.24, 2.45) is 0 Å². The SMILES string of the molecule is Cc1cscc1C(Cl)Cc1ccc([N+](=O)[O-])cc1. The van der Waals surface area contributed by atoms with E-state index in [0.29, 0.717) is 6.42 Å². The third-order valence-electron chi connectivity index (χ3n) is 2.79.